The molecule has 0 heterocycles. The van der Waals surface area contributed by atoms with Gasteiger partial charge in [0.05, 0.1) is 0 Å². The highest BCUT2D eigenvalue weighted by Crippen LogP contribution is 1.97. The number of hydrogen-bond donors (Lipinski definition) is 1. The molecule has 0 aliphatic heterocycles. The molecule has 1 N–H and O–H groups in total. The van der Waals surface area contributed by atoms with Gasteiger partial charge in [0.25, 0.3) is 0 Å². The Morgan fingerprint density at radius 1 is 1.58 bits per heavy atom. The van der Waals surface area contributed by atoms with Gasteiger partial charge in [0.15, 0.2) is 0 Å². The van der Waals surface area contributed by atoms with Crippen LogP contribution in [-0.4, -0.2) is 6.54 Å². The highest BCUT2D eigenvalue weighted by atomic mass is 14.8. The maximum absolute atomic E-state index is 3.77. The number of nitrogens with one attached hydrogen (secondary N) is 1. The third-order valence-corrected chi connectivity index (χ3v) is 1.84. The molecular formula is C11H19N. The molecule has 0 aromatic heterocycles. The lowest BCUT2D eigenvalue weighted by Crippen LogP contribution is -2.14. The Balaban J connectivity index is 3.48. The molecule has 0 amide bonds. The lowest BCUT2D eigenvalue weighted by atomic mass is 10.1. The van der Waals surface area contributed by atoms with E-state index in [-0.39, 0.29) is 0 Å². The molecule has 1 nitrogen and oxygen atoms in total. The van der Waals surface area contributed by atoms with Crippen molar-refractivity contribution < 1.29 is 0 Å². The van der Waals surface area contributed by atoms with Gasteiger partial charge < -0.3 is 5.32 Å². The quantitative estimate of drug-likeness (QED) is 0.597. The van der Waals surface area contributed by atoms with Crippen molar-refractivity contribution in [2.75, 3.05) is 6.54 Å². The molecule has 0 radical (unpaired) electrons. The predicted octanol–water partition coefficient (Wildman–Crippen LogP) is 2.88. The van der Waals surface area contributed by atoms with Crippen molar-refractivity contribution in [3.05, 3.63) is 37.1 Å². The van der Waals surface area contributed by atoms with Crippen LogP contribution in [0.25, 0.3) is 0 Å². The zero-order valence-electron chi connectivity index (χ0n) is 8.14. The molecule has 0 fully saturated rings. The molecule has 0 aromatic carbocycles. The Kier molecular flexibility index (Phi) is 6.16. The molecule has 1 unspecified atom stereocenters. The molecule has 0 aliphatic rings. The fourth-order valence-corrected chi connectivity index (χ4v) is 0.648. The fourth-order valence-electron chi connectivity index (χ4n) is 0.648. The summed E-state index contributed by atoms with van der Waals surface area (Å²) in [7, 11) is 0. The highest BCUT2D eigenvalue weighted by Gasteiger charge is 1.93. The van der Waals surface area contributed by atoms with Crippen LogP contribution in [0.1, 0.15) is 20.3 Å². The van der Waals surface area contributed by atoms with E-state index in [2.05, 4.69) is 32.3 Å². The Morgan fingerprint density at radius 2 is 2.25 bits per heavy atom. The summed E-state index contributed by atoms with van der Waals surface area (Å²) >= 11 is 0. The average molecular weight is 165 g/mol. The second-order valence-corrected chi connectivity index (χ2v) is 3.03. The molecule has 68 valence electrons. The van der Waals surface area contributed by atoms with Crippen LogP contribution in [0.15, 0.2) is 37.1 Å². The van der Waals surface area contributed by atoms with Gasteiger partial charge in [-0.1, -0.05) is 39.5 Å². The molecule has 0 bridgehead atoms. The van der Waals surface area contributed by atoms with Gasteiger partial charge in [-0.05, 0) is 23.8 Å². The zero-order chi connectivity index (χ0) is 9.40. The van der Waals surface area contributed by atoms with Crippen molar-refractivity contribution >= 4 is 0 Å². The average Bonchev–Trinajstić information content (AvgIpc) is 2.11. The van der Waals surface area contributed by atoms with Crippen molar-refractivity contribution in [2.45, 2.75) is 20.3 Å². The van der Waals surface area contributed by atoms with E-state index in [1.54, 1.807) is 6.08 Å². The lowest BCUT2D eigenvalue weighted by molar-refractivity contribution is 0.539. The van der Waals surface area contributed by atoms with Gasteiger partial charge in [-0.25, -0.2) is 0 Å². The number of hydrogen-bond acceptors (Lipinski definition) is 1. The Hall–Kier alpha value is -0.980. The zero-order valence-corrected chi connectivity index (χ0v) is 8.14. The SMILES string of the molecule is C=CC(=C)/C=C\NCC(C)CC. The van der Waals surface area contributed by atoms with Crippen LogP contribution in [-0.2, 0) is 0 Å². The summed E-state index contributed by atoms with van der Waals surface area (Å²) in [6.07, 6.45) is 6.80. The topological polar surface area (TPSA) is 12.0 Å². The van der Waals surface area contributed by atoms with E-state index in [1.807, 2.05) is 12.3 Å². The van der Waals surface area contributed by atoms with Crippen molar-refractivity contribution in [1.29, 1.82) is 0 Å². The maximum atomic E-state index is 3.77. The van der Waals surface area contributed by atoms with Gasteiger partial charge >= 0.3 is 0 Å². The standard InChI is InChI=1S/C11H19N/c1-5-10(3)7-8-12-9-11(4)6-2/h5,7-8,11-12H,1,3,6,9H2,2,4H3/b8-7-. The third kappa shape index (κ3) is 5.78. The van der Waals surface area contributed by atoms with E-state index in [0.29, 0.717) is 0 Å². The Labute approximate surface area is 75.9 Å². The Morgan fingerprint density at radius 3 is 2.75 bits per heavy atom. The van der Waals surface area contributed by atoms with Crippen molar-refractivity contribution in [2.24, 2.45) is 5.92 Å². The lowest BCUT2D eigenvalue weighted by Gasteiger charge is -2.06. The monoisotopic (exact) mass is 165 g/mol. The van der Waals surface area contributed by atoms with Crippen LogP contribution in [0.5, 0.6) is 0 Å². The van der Waals surface area contributed by atoms with Crippen molar-refractivity contribution in [3.63, 3.8) is 0 Å². The summed E-state index contributed by atoms with van der Waals surface area (Å²) in [6, 6.07) is 0. The summed E-state index contributed by atoms with van der Waals surface area (Å²) < 4.78 is 0. The van der Waals surface area contributed by atoms with E-state index >= 15 is 0 Å². The van der Waals surface area contributed by atoms with Gasteiger partial charge in [-0.15, -0.1) is 0 Å². The molecule has 1 heteroatoms. The van der Waals surface area contributed by atoms with E-state index < -0.39 is 0 Å². The smallest absolute Gasteiger partial charge is 0.0167 e. The van der Waals surface area contributed by atoms with Gasteiger partial charge in [-0.3, -0.25) is 0 Å². The van der Waals surface area contributed by atoms with Gasteiger partial charge in [-0.2, -0.15) is 0 Å². The minimum atomic E-state index is 0.728. The molecule has 0 saturated carbocycles. The molecule has 0 aromatic rings. The van der Waals surface area contributed by atoms with Crippen LogP contribution < -0.4 is 5.32 Å². The first-order chi connectivity index (χ1) is 5.70. The molecule has 0 aliphatic carbocycles. The second-order valence-electron chi connectivity index (χ2n) is 3.03. The van der Waals surface area contributed by atoms with Crippen LogP contribution >= 0.6 is 0 Å². The molecule has 0 saturated heterocycles. The molecule has 0 spiro atoms. The molecule has 0 rings (SSSR count). The van der Waals surface area contributed by atoms with Gasteiger partial charge in [0.1, 0.15) is 0 Å². The van der Waals surface area contributed by atoms with Crippen LogP contribution in [0.4, 0.5) is 0 Å². The largest absolute Gasteiger partial charge is 0.391 e. The van der Waals surface area contributed by atoms with E-state index in [0.717, 1.165) is 18.0 Å². The van der Waals surface area contributed by atoms with Gasteiger partial charge in [0.2, 0.25) is 0 Å². The van der Waals surface area contributed by atoms with E-state index in [4.69, 9.17) is 0 Å². The summed E-state index contributed by atoms with van der Waals surface area (Å²) in [5, 5.41) is 3.21. The first-order valence-electron chi connectivity index (χ1n) is 4.42. The minimum Gasteiger partial charge on any atom is -0.391 e. The highest BCUT2D eigenvalue weighted by molar-refractivity contribution is 5.24. The van der Waals surface area contributed by atoms with Crippen molar-refractivity contribution in [3.8, 4) is 0 Å². The molecular weight excluding hydrogens is 146 g/mol. The normalized spacial score (nSPS) is 12.8. The van der Waals surface area contributed by atoms with Crippen LogP contribution in [0.3, 0.4) is 0 Å². The Bertz CT molecular complexity index is 168. The maximum Gasteiger partial charge on any atom is 0.0167 e. The fraction of sp³-hybridized carbons (Fsp3) is 0.455. The summed E-state index contributed by atoms with van der Waals surface area (Å²) in [5.74, 6) is 0.728. The van der Waals surface area contributed by atoms with E-state index in [9.17, 15) is 0 Å². The first-order valence-corrected chi connectivity index (χ1v) is 4.42. The van der Waals surface area contributed by atoms with E-state index in [1.165, 1.54) is 6.42 Å². The predicted molar refractivity (Wildman–Crippen MR) is 55.9 cm³/mol. The summed E-state index contributed by atoms with van der Waals surface area (Å²) in [6.45, 7) is 12.8. The first kappa shape index (κ1) is 11.0. The van der Waals surface area contributed by atoms with Gasteiger partial charge in [0, 0.05) is 6.54 Å². The summed E-state index contributed by atoms with van der Waals surface area (Å²) in [5.41, 5.74) is 0.937. The number of rotatable bonds is 6. The molecule has 12 heavy (non-hydrogen) atoms. The molecule has 1 atom stereocenters. The summed E-state index contributed by atoms with van der Waals surface area (Å²) in [4.78, 5) is 0. The van der Waals surface area contributed by atoms with Crippen LogP contribution in [0.2, 0.25) is 0 Å². The minimum absolute atomic E-state index is 0.728. The number of allylic oxidation sites excluding steroid dienone is 3. The third-order valence-electron chi connectivity index (χ3n) is 1.84. The van der Waals surface area contributed by atoms with Crippen molar-refractivity contribution in [1.82, 2.24) is 5.32 Å². The van der Waals surface area contributed by atoms with Crippen LogP contribution in [0, 0.1) is 5.92 Å². The second kappa shape index (κ2) is 6.71.